The molecule has 1 saturated heterocycles. The van der Waals surface area contributed by atoms with Gasteiger partial charge in [-0.3, -0.25) is 4.79 Å². The van der Waals surface area contributed by atoms with Gasteiger partial charge in [-0.25, -0.2) is 17.8 Å². The molecule has 3 aromatic rings. The highest BCUT2D eigenvalue weighted by molar-refractivity contribution is 7.89. The summed E-state index contributed by atoms with van der Waals surface area (Å²) in [5, 5.41) is 0.154. The number of aromatic nitrogens is 2. The number of ether oxygens (including phenoxy) is 2. The Labute approximate surface area is 195 Å². The van der Waals surface area contributed by atoms with Crippen molar-refractivity contribution in [3.8, 4) is 0 Å². The van der Waals surface area contributed by atoms with E-state index >= 15 is 0 Å². The summed E-state index contributed by atoms with van der Waals surface area (Å²) >= 11 is 5.98. The van der Waals surface area contributed by atoms with Gasteiger partial charge in [0.1, 0.15) is 18.2 Å². The Hall–Kier alpha value is -2.53. The maximum atomic E-state index is 13.9. The van der Waals surface area contributed by atoms with E-state index in [-0.39, 0.29) is 28.5 Å². The fourth-order valence-electron chi connectivity index (χ4n) is 3.76. The summed E-state index contributed by atoms with van der Waals surface area (Å²) in [7, 11) is -3.66. The first-order valence-corrected chi connectivity index (χ1v) is 12.3. The van der Waals surface area contributed by atoms with Crippen LogP contribution in [-0.4, -0.2) is 54.5 Å². The molecule has 0 atom stereocenters. The van der Waals surface area contributed by atoms with Crippen molar-refractivity contribution in [1.82, 2.24) is 13.9 Å². The van der Waals surface area contributed by atoms with Crippen LogP contribution < -0.4 is 0 Å². The first-order valence-electron chi connectivity index (χ1n) is 10.5. The standard InChI is InChI=1S/C22H23ClFN3O5S/c1-2-27-20-7-6-15(33(29,30)26-8-10-31-11-9-26)12-19(20)25-21(27)14-32-22(28)13-16-17(23)4-3-5-18(16)24/h3-7,12H,2,8-11,13-14H2,1H3. The van der Waals surface area contributed by atoms with E-state index in [1.165, 1.54) is 28.6 Å². The SMILES string of the molecule is CCn1c(COC(=O)Cc2c(F)cccc2Cl)nc2cc(S(=O)(=O)N3CCOCC3)ccc21. The van der Waals surface area contributed by atoms with Gasteiger partial charge >= 0.3 is 5.97 Å². The summed E-state index contributed by atoms with van der Waals surface area (Å²) in [6, 6.07) is 8.97. The molecule has 176 valence electrons. The highest BCUT2D eigenvalue weighted by Crippen LogP contribution is 2.24. The number of imidazole rings is 1. The van der Waals surface area contributed by atoms with Crippen LogP contribution in [0.15, 0.2) is 41.3 Å². The number of carbonyl (C=O) groups is 1. The summed E-state index contributed by atoms with van der Waals surface area (Å²) in [5.41, 5.74) is 1.28. The van der Waals surface area contributed by atoms with E-state index in [2.05, 4.69) is 4.98 Å². The maximum absolute atomic E-state index is 13.9. The fourth-order valence-corrected chi connectivity index (χ4v) is 5.42. The number of aryl methyl sites for hydroxylation is 1. The Bertz CT molecular complexity index is 1270. The molecule has 0 unspecified atom stereocenters. The third kappa shape index (κ3) is 4.89. The van der Waals surface area contributed by atoms with Crippen molar-refractivity contribution in [2.75, 3.05) is 26.3 Å². The predicted octanol–water partition coefficient (Wildman–Crippen LogP) is 3.16. The molecule has 0 spiro atoms. The fraction of sp³-hybridized carbons (Fsp3) is 0.364. The second-order valence-electron chi connectivity index (χ2n) is 7.48. The highest BCUT2D eigenvalue weighted by Gasteiger charge is 2.27. The molecule has 8 nitrogen and oxygen atoms in total. The number of halogens is 2. The van der Waals surface area contributed by atoms with E-state index < -0.39 is 21.8 Å². The Kier molecular flexibility index (Phi) is 6.99. The predicted molar refractivity (Wildman–Crippen MR) is 120 cm³/mol. The monoisotopic (exact) mass is 495 g/mol. The van der Waals surface area contributed by atoms with Crippen LogP contribution in [0, 0.1) is 5.82 Å². The summed E-state index contributed by atoms with van der Waals surface area (Å²) in [6.45, 7) is 3.63. The second-order valence-corrected chi connectivity index (χ2v) is 9.82. The molecule has 33 heavy (non-hydrogen) atoms. The number of nitrogens with zero attached hydrogens (tertiary/aromatic N) is 3. The Morgan fingerprint density at radius 2 is 2.00 bits per heavy atom. The molecule has 0 aliphatic carbocycles. The molecule has 1 aromatic heterocycles. The van der Waals surface area contributed by atoms with Crippen LogP contribution in [0.25, 0.3) is 11.0 Å². The van der Waals surface area contributed by atoms with Gasteiger partial charge in [-0.15, -0.1) is 0 Å². The summed E-state index contributed by atoms with van der Waals surface area (Å²) < 4.78 is 53.6. The molecule has 2 heterocycles. The van der Waals surface area contributed by atoms with Gasteiger partial charge in [-0.1, -0.05) is 17.7 Å². The minimum Gasteiger partial charge on any atom is -0.457 e. The van der Waals surface area contributed by atoms with Gasteiger partial charge in [-0.05, 0) is 37.3 Å². The first kappa shape index (κ1) is 23.6. The van der Waals surface area contributed by atoms with Gasteiger partial charge in [0.25, 0.3) is 0 Å². The highest BCUT2D eigenvalue weighted by atomic mass is 35.5. The van der Waals surface area contributed by atoms with Crippen molar-refractivity contribution in [3.05, 3.63) is 58.6 Å². The van der Waals surface area contributed by atoms with Crippen LogP contribution in [0.4, 0.5) is 4.39 Å². The Balaban J connectivity index is 1.54. The van der Waals surface area contributed by atoms with Gasteiger partial charge in [0.05, 0.1) is 35.6 Å². The van der Waals surface area contributed by atoms with Crippen LogP contribution in [0.1, 0.15) is 18.3 Å². The quantitative estimate of drug-likeness (QED) is 0.468. The number of sulfonamides is 1. The Morgan fingerprint density at radius 3 is 2.70 bits per heavy atom. The van der Waals surface area contributed by atoms with Gasteiger partial charge in [0.2, 0.25) is 10.0 Å². The maximum Gasteiger partial charge on any atom is 0.310 e. The molecule has 1 fully saturated rings. The minimum absolute atomic E-state index is 0.0751. The molecule has 0 N–H and O–H groups in total. The molecule has 0 saturated carbocycles. The second kappa shape index (κ2) is 9.76. The average molecular weight is 496 g/mol. The molecule has 11 heteroatoms. The van der Waals surface area contributed by atoms with Crippen molar-refractivity contribution in [2.45, 2.75) is 31.4 Å². The van der Waals surface area contributed by atoms with Gasteiger partial charge in [0, 0.05) is 30.2 Å². The molecule has 0 amide bonds. The topological polar surface area (TPSA) is 90.7 Å². The van der Waals surface area contributed by atoms with Crippen LogP contribution in [-0.2, 0) is 43.9 Å². The zero-order valence-electron chi connectivity index (χ0n) is 18.0. The van der Waals surface area contributed by atoms with E-state index in [0.29, 0.717) is 44.2 Å². The number of fused-ring (bicyclic) bond motifs is 1. The first-order chi connectivity index (χ1) is 15.8. The molecule has 2 aromatic carbocycles. The normalized spacial score (nSPS) is 15.1. The summed E-state index contributed by atoms with van der Waals surface area (Å²) in [5.74, 6) is -0.761. The van der Waals surface area contributed by atoms with Crippen LogP contribution in [0.2, 0.25) is 5.02 Å². The smallest absolute Gasteiger partial charge is 0.310 e. The van der Waals surface area contributed by atoms with Crippen molar-refractivity contribution in [2.24, 2.45) is 0 Å². The van der Waals surface area contributed by atoms with Gasteiger partial charge < -0.3 is 14.0 Å². The van der Waals surface area contributed by atoms with Crippen molar-refractivity contribution in [3.63, 3.8) is 0 Å². The number of esters is 1. The van der Waals surface area contributed by atoms with Crippen LogP contribution in [0.3, 0.4) is 0 Å². The van der Waals surface area contributed by atoms with Gasteiger partial charge in [-0.2, -0.15) is 4.31 Å². The Morgan fingerprint density at radius 1 is 1.24 bits per heavy atom. The zero-order chi connectivity index (χ0) is 23.6. The van der Waals surface area contributed by atoms with Crippen molar-refractivity contribution >= 4 is 38.6 Å². The average Bonchev–Trinajstić information content (AvgIpc) is 3.17. The zero-order valence-corrected chi connectivity index (χ0v) is 19.5. The van der Waals surface area contributed by atoms with E-state index in [9.17, 15) is 17.6 Å². The molecule has 1 aliphatic rings. The van der Waals surface area contributed by atoms with E-state index in [4.69, 9.17) is 21.1 Å². The third-order valence-electron chi connectivity index (χ3n) is 5.47. The van der Waals surface area contributed by atoms with Crippen LogP contribution >= 0.6 is 11.6 Å². The number of rotatable bonds is 7. The van der Waals surface area contributed by atoms with Gasteiger partial charge in [0.15, 0.2) is 0 Å². The molecule has 1 aliphatic heterocycles. The number of hydrogen-bond donors (Lipinski definition) is 0. The van der Waals surface area contributed by atoms with Crippen LogP contribution in [0.5, 0.6) is 0 Å². The van der Waals surface area contributed by atoms with Crippen molar-refractivity contribution in [1.29, 1.82) is 0 Å². The minimum atomic E-state index is -3.66. The molecule has 4 rings (SSSR count). The lowest BCUT2D eigenvalue weighted by molar-refractivity contribution is -0.144. The van der Waals surface area contributed by atoms with E-state index in [1.54, 1.807) is 12.1 Å². The lowest BCUT2D eigenvalue weighted by Gasteiger charge is -2.26. The number of benzene rings is 2. The largest absolute Gasteiger partial charge is 0.457 e. The van der Waals surface area contributed by atoms with E-state index in [1.807, 2.05) is 11.5 Å². The number of morpholine rings is 1. The molecule has 0 bridgehead atoms. The molecular formula is C22H23ClFN3O5S. The summed E-state index contributed by atoms with van der Waals surface area (Å²) in [6.07, 6.45) is -0.306. The van der Waals surface area contributed by atoms with Crippen molar-refractivity contribution < 1.29 is 27.1 Å². The summed E-state index contributed by atoms with van der Waals surface area (Å²) in [4.78, 5) is 16.9. The lowest BCUT2D eigenvalue weighted by Crippen LogP contribution is -2.40. The number of carbonyl (C=O) groups excluding carboxylic acids is 1. The third-order valence-corrected chi connectivity index (χ3v) is 7.72. The molecule has 0 radical (unpaired) electrons. The van der Waals surface area contributed by atoms with E-state index in [0.717, 1.165) is 5.52 Å². The molecular weight excluding hydrogens is 473 g/mol. The lowest BCUT2D eigenvalue weighted by atomic mass is 10.1. The number of hydrogen-bond acceptors (Lipinski definition) is 6.